The van der Waals surface area contributed by atoms with Crippen molar-refractivity contribution in [1.82, 2.24) is 4.90 Å². The maximum atomic E-state index is 12.3. The highest BCUT2D eigenvalue weighted by molar-refractivity contribution is 6.32. The predicted molar refractivity (Wildman–Crippen MR) is 104 cm³/mol. The third kappa shape index (κ3) is 3.82. The van der Waals surface area contributed by atoms with Crippen LogP contribution in [0.15, 0.2) is 42.5 Å². The summed E-state index contributed by atoms with van der Waals surface area (Å²) in [5.41, 5.74) is 1.22. The average Bonchev–Trinajstić information content (AvgIpc) is 2.88. The summed E-state index contributed by atoms with van der Waals surface area (Å²) in [6.07, 6.45) is 3.44. The average molecular weight is 414 g/mol. The zero-order chi connectivity index (χ0) is 20.4. The number of carbonyl (C=O) groups is 3. The highest BCUT2D eigenvalue weighted by atomic mass is 35.5. The number of imide groups is 1. The smallest absolute Gasteiger partial charge is 0.332 e. The molecule has 0 bridgehead atoms. The topological polar surface area (TPSA) is 82.1 Å². The molecule has 2 heterocycles. The fourth-order valence-corrected chi connectivity index (χ4v) is 3.32. The maximum absolute atomic E-state index is 12.3. The summed E-state index contributed by atoms with van der Waals surface area (Å²) >= 11 is 6.22. The Labute approximate surface area is 171 Å². The minimum atomic E-state index is -0.704. The summed E-state index contributed by atoms with van der Waals surface area (Å²) in [7, 11) is 0. The van der Waals surface area contributed by atoms with Gasteiger partial charge in [-0.2, -0.15) is 0 Å². The zero-order valence-electron chi connectivity index (χ0n) is 15.2. The third-order valence-corrected chi connectivity index (χ3v) is 4.73. The van der Waals surface area contributed by atoms with E-state index in [1.165, 1.54) is 12.2 Å². The highest BCUT2D eigenvalue weighted by Gasteiger charge is 2.35. The maximum Gasteiger partial charge on any atom is 0.332 e. The Morgan fingerprint density at radius 2 is 1.79 bits per heavy atom. The lowest BCUT2D eigenvalue weighted by Gasteiger charge is -2.13. The van der Waals surface area contributed by atoms with Gasteiger partial charge in [-0.1, -0.05) is 23.7 Å². The van der Waals surface area contributed by atoms with E-state index in [0.717, 1.165) is 11.3 Å². The lowest BCUT2D eigenvalue weighted by Crippen LogP contribution is -2.32. The van der Waals surface area contributed by atoms with E-state index in [1.807, 2.05) is 0 Å². The summed E-state index contributed by atoms with van der Waals surface area (Å²) in [6.45, 7) is 0.572. The van der Waals surface area contributed by atoms with Crippen molar-refractivity contribution in [1.29, 1.82) is 0 Å². The molecule has 4 rings (SSSR count). The minimum Gasteiger partial charge on any atom is -0.489 e. The van der Waals surface area contributed by atoms with Gasteiger partial charge < -0.3 is 14.2 Å². The normalized spacial score (nSPS) is 15.4. The summed E-state index contributed by atoms with van der Waals surface area (Å²) < 4.78 is 16.2. The molecule has 0 radical (unpaired) electrons. The van der Waals surface area contributed by atoms with Crippen LogP contribution in [0.4, 0.5) is 0 Å². The van der Waals surface area contributed by atoms with E-state index in [2.05, 4.69) is 0 Å². The van der Waals surface area contributed by atoms with Crippen molar-refractivity contribution in [3.63, 3.8) is 0 Å². The zero-order valence-corrected chi connectivity index (χ0v) is 16.0. The predicted octanol–water partition coefficient (Wildman–Crippen LogP) is 3.31. The van der Waals surface area contributed by atoms with Crippen LogP contribution in [-0.4, -0.2) is 42.6 Å². The Kier molecular flexibility index (Phi) is 5.22. The van der Waals surface area contributed by atoms with E-state index in [-0.39, 0.29) is 0 Å². The van der Waals surface area contributed by atoms with Crippen molar-refractivity contribution in [3.05, 3.63) is 64.2 Å². The fourth-order valence-electron chi connectivity index (χ4n) is 3.04. The van der Waals surface area contributed by atoms with E-state index >= 15 is 0 Å². The monoisotopic (exact) mass is 413 g/mol. The number of benzene rings is 2. The standard InChI is InChI=1S/C21H16ClNO6/c22-16-10-13(11-17-19(16)28-9-3-8-27-17)6-7-18(24)29-12-23-20(25)14-4-1-2-5-15(14)21(23)26/h1-2,4-7,10-11H,3,8-9,12H2/b7-6+. The first-order chi connectivity index (χ1) is 14.0. The van der Waals surface area contributed by atoms with Crippen molar-refractivity contribution >= 4 is 35.5 Å². The second kappa shape index (κ2) is 7.97. The van der Waals surface area contributed by atoms with E-state index in [4.69, 9.17) is 25.8 Å². The van der Waals surface area contributed by atoms with Crippen LogP contribution in [0.5, 0.6) is 11.5 Å². The van der Waals surface area contributed by atoms with Crippen LogP contribution in [0.2, 0.25) is 5.02 Å². The lowest BCUT2D eigenvalue weighted by atomic mass is 10.1. The molecule has 0 unspecified atom stereocenters. The number of carbonyl (C=O) groups excluding carboxylic acids is 3. The molecule has 29 heavy (non-hydrogen) atoms. The second-order valence-electron chi connectivity index (χ2n) is 6.39. The second-order valence-corrected chi connectivity index (χ2v) is 6.80. The van der Waals surface area contributed by atoms with Crippen LogP contribution in [0.25, 0.3) is 6.08 Å². The number of fused-ring (bicyclic) bond motifs is 2. The van der Waals surface area contributed by atoms with Gasteiger partial charge in [-0.3, -0.25) is 9.59 Å². The largest absolute Gasteiger partial charge is 0.489 e. The molecule has 2 aromatic rings. The molecule has 0 aromatic heterocycles. The van der Waals surface area contributed by atoms with Crippen molar-refractivity contribution in [2.45, 2.75) is 6.42 Å². The molecule has 0 aliphatic carbocycles. The summed E-state index contributed by atoms with van der Waals surface area (Å²) in [4.78, 5) is 37.4. The molecule has 0 spiro atoms. The molecule has 7 nitrogen and oxygen atoms in total. The first-order valence-electron chi connectivity index (χ1n) is 8.94. The molecule has 0 saturated carbocycles. The Hall–Kier alpha value is -3.32. The molecule has 0 atom stereocenters. The SMILES string of the molecule is O=C(/C=C/c1cc(Cl)c2c(c1)OCCCO2)OCN1C(=O)c2ccccc2C1=O. The lowest BCUT2D eigenvalue weighted by molar-refractivity contribution is -0.140. The van der Waals surface area contributed by atoms with E-state index < -0.39 is 24.5 Å². The fraction of sp³-hybridized carbons (Fsp3) is 0.190. The quantitative estimate of drug-likeness (QED) is 0.434. The Morgan fingerprint density at radius 1 is 1.10 bits per heavy atom. The molecular formula is C21H16ClNO6. The third-order valence-electron chi connectivity index (χ3n) is 4.45. The molecule has 8 heteroatoms. The number of rotatable bonds is 4. The van der Waals surface area contributed by atoms with Gasteiger partial charge in [-0.05, 0) is 35.9 Å². The Bertz CT molecular complexity index is 997. The molecule has 2 aliphatic rings. The van der Waals surface area contributed by atoms with Gasteiger partial charge in [-0.15, -0.1) is 0 Å². The van der Waals surface area contributed by atoms with E-state index in [9.17, 15) is 14.4 Å². The number of nitrogens with zero attached hydrogens (tertiary/aromatic N) is 1. The number of amides is 2. The summed E-state index contributed by atoms with van der Waals surface area (Å²) in [5.74, 6) is -0.692. The molecular weight excluding hydrogens is 398 g/mol. The number of halogens is 1. The van der Waals surface area contributed by atoms with Gasteiger partial charge in [0, 0.05) is 12.5 Å². The van der Waals surface area contributed by atoms with Crippen LogP contribution in [0.3, 0.4) is 0 Å². The van der Waals surface area contributed by atoms with E-state index in [0.29, 0.717) is 46.4 Å². The number of esters is 1. The first-order valence-corrected chi connectivity index (χ1v) is 9.31. The van der Waals surface area contributed by atoms with Gasteiger partial charge in [0.25, 0.3) is 11.8 Å². The summed E-state index contributed by atoms with van der Waals surface area (Å²) in [5, 5.41) is 0.378. The number of ether oxygens (including phenoxy) is 3. The van der Waals surface area contributed by atoms with Gasteiger partial charge >= 0.3 is 5.97 Å². The van der Waals surface area contributed by atoms with Crippen LogP contribution in [0.1, 0.15) is 32.7 Å². The van der Waals surface area contributed by atoms with Crippen molar-refractivity contribution < 1.29 is 28.6 Å². The first kappa shape index (κ1) is 19.0. The van der Waals surface area contributed by atoms with Gasteiger partial charge in [-0.25, -0.2) is 9.69 Å². The number of hydrogen-bond donors (Lipinski definition) is 0. The molecule has 2 aliphatic heterocycles. The molecule has 2 amide bonds. The van der Waals surface area contributed by atoms with Crippen molar-refractivity contribution in [2.75, 3.05) is 19.9 Å². The molecule has 0 fully saturated rings. The molecule has 0 saturated heterocycles. The van der Waals surface area contributed by atoms with Gasteiger partial charge in [0.1, 0.15) is 0 Å². The molecule has 2 aromatic carbocycles. The van der Waals surface area contributed by atoms with Crippen LogP contribution < -0.4 is 9.47 Å². The van der Waals surface area contributed by atoms with Crippen LogP contribution in [-0.2, 0) is 9.53 Å². The van der Waals surface area contributed by atoms with Crippen LogP contribution in [0, 0.1) is 0 Å². The van der Waals surface area contributed by atoms with Crippen molar-refractivity contribution in [3.8, 4) is 11.5 Å². The van der Waals surface area contributed by atoms with Crippen molar-refractivity contribution in [2.24, 2.45) is 0 Å². The molecule has 148 valence electrons. The van der Waals surface area contributed by atoms with Crippen LogP contribution >= 0.6 is 11.6 Å². The van der Waals surface area contributed by atoms with Gasteiger partial charge in [0.05, 0.1) is 29.4 Å². The highest BCUT2D eigenvalue weighted by Crippen LogP contribution is 2.38. The number of hydrogen-bond acceptors (Lipinski definition) is 6. The Morgan fingerprint density at radius 3 is 2.52 bits per heavy atom. The Balaban J connectivity index is 1.40. The minimum absolute atomic E-state index is 0.297. The molecule has 0 N–H and O–H groups in total. The van der Waals surface area contributed by atoms with Gasteiger partial charge in [0.15, 0.2) is 18.2 Å². The van der Waals surface area contributed by atoms with Gasteiger partial charge in [0.2, 0.25) is 0 Å². The van der Waals surface area contributed by atoms with E-state index in [1.54, 1.807) is 36.4 Å². The summed E-state index contributed by atoms with van der Waals surface area (Å²) in [6, 6.07) is 9.81.